The summed E-state index contributed by atoms with van der Waals surface area (Å²) in [4.78, 5) is 6.88. The van der Waals surface area contributed by atoms with Gasteiger partial charge in [0.15, 0.2) is 0 Å². The van der Waals surface area contributed by atoms with Crippen molar-refractivity contribution in [2.45, 2.75) is 51.9 Å². The van der Waals surface area contributed by atoms with Gasteiger partial charge in [0.2, 0.25) is 0 Å². The zero-order valence-corrected chi connectivity index (χ0v) is 13.4. The van der Waals surface area contributed by atoms with Crippen LogP contribution in [0, 0.1) is 0 Å². The number of hydrogen-bond acceptors (Lipinski definition) is 1. The summed E-state index contributed by atoms with van der Waals surface area (Å²) in [6.45, 7) is 3.21. The average Bonchev–Trinajstić information content (AvgIpc) is 2.46. The second kappa shape index (κ2) is 10.5. The van der Waals surface area contributed by atoms with Crippen molar-refractivity contribution in [1.82, 2.24) is 4.90 Å². The second-order valence-electron chi connectivity index (χ2n) is 5.59. The predicted molar refractivity (Wildman–Crippen MR) is 89.5 cm³/mol. The van der Waals surface area contributed by atoms with E-state index in [1.807, 2.05) is 6.07 Å². The SMILES string of the molecule is CCCCCCCCCN=C(c1ccccc1)N(C)C. The summed E-state index contributed by atoms with van der Waals surface area (Å²) in [7, 11) is 4.13. The first kappa shape index (κ1) is 16.7. The van der Waals surface area contributed by atoms with E-state index in [-0.39, 0.29) is 0 Å². The van der Waals surface area contributed by atoms with Crippen molar-refractivity contribution in [3.8, 4) is 0 Å². The van der Waals surface area contributed by atoms with Gasteiger partial charge in [-0.2, -0.15) is 0 Å². The van der Waals surface area contributed by atoms with Crippen molar-refractivity contribution in [2.24, 2.45) is 4.99 Å². The summed E-state index contributed by atoms with van der Waals surface area (Å²) < 4.78 is 0. The summed E-state index contributed by atoms with van der Waals surface area (Å²) in [5.41, 5.74) is 1.21. The van der Waals surface area contributed by atoms with Gasteiger partial charge in [-0.3, -0.25) is 4.99 Å². The van der Waals surface area contributed by atoms with Crippen molar-refractivity contribution < 1.29 is 0 Å². The molecule has 0 fully saturated rings. The van der Waals surface area contributed by atoms with Gasteiger partial charge in [0.25, 0.3) is 0 Å². The van der Waals surface area contributed by atoms with E-state index in [1.54, 1.807) is 0 Å². The second-order valence-corrected chi connectivity index (χ2v) is 5.59. The smallest absolute Gasteiger partial charge is 0.130 e. The van der Waals surface area contributed by atoms with E-state index in [9.17, 15) is 0 Å². The number of hydrogen-bond donors (Lipinski definition) is 0. The molecule has 0 aromatic heterocycles. The van der Waals surface area contributed by atoms with Crippen LogP contribution in [0.1, 0.15) is 57.4 Å². The minimum Gasteiger partial charge on any atom is -0.363 e. The molecule has 0 saturated heterocycles. The molecule has 0 aliphatic rings. The van der Waals surface area contributed by atoms with E-state index in [1.165, 1.54) is 50.5 Å². The summed E-state index contributed by atoms with van der Waals surface area (Å²) in [5.74, 6) is 1.09. The Balaban J connectivity index is 2.31. The van der Waals surface area contributed by atoms with Gasteiger partial charge in [-0.05, 0) is 6.42 Å². The lowest BCUT2D eigenvalue weighted by Gasteiger charge is -2.16. The predicted octanol–water partition coefficient (Wildman–Crippen LogP) is 4.75. The molecule has 0 aliphatic carbocycles. The summed E-state index contributed by atoms with van der Waals surface area (Å²) >= 11 is 0. The Bertz CT molecular complexity index is 368. The van der Waals surface area contributed by atoms with E-state index in [4.69, 9.17) is 4.99 Å². The Morgan fingerprint density at radius 3 is 2.10 bits per heavy atom. The molecule has 0 N–H and O–H groups in total. The van der Waals surface area contributed by atoms with E-state index < -0.39 is 0 Å². The number of amidine groups is 1. The van der Waals surface area contributed by atoms with Crippen molar-refractivity contribution in [3.05, 3.63) is 35.9 Å². The fourth-order valence-electron chi connectivity index (χ4n) is 2.33. The third kappa shape index (κ3) is 6.74. The largest absolute Gasteiger partial charge is 0.363 e. The number of rotatable bonds is 9. The summed E-state index contributed by atoms with van der Waals surface area (Å²) in [6, 6.07) is 10.4. The molecule has 0 spiro atoms. The molecule has 0 amide bonds. The number of benzene rings is 1. The minimum absolute atomic E-state index is 0.941. The van der Waals surface area contributed by atoms with Crippen molar-refractivity contribution >= 4 is 5.84 Å². The molecule has 0 atom stereocenters. The number of nitrogens with zero attached hydrogens (tertiary/aromatic N) is 2. The van der Waals surface area contributed by atoms with Gasteiger partial charge < -0.3 is 4.90 Å². The maximum Gasteiger partial charge on any atom is 0.130 e. The highest BCUT2D eigenvalue weighted by molar-refractivity contribution is 5.98. The Morgan fingerprint density at radius 1 is 0.900 bits per heavy atom. The fraction of sp³-hybridized carbons (Fsp3) is 0.611. The zero-order chi connectivity index (χ0) is 14.6. The molecule has 0 unspecified atom stereocenters. The van der Waals surface area contributed by atoms with Gasteiger partial charge >= 0.3 is 0 Å². The topological polar surface area (TPSA) is 15.6 Å². The van der Waals surface area contributed by atoms with E-state index in [0.29, 0.717) is 0 Å². The average molecular weight is 274 g/mol. The lowest BCUT2D eigenvalue weighted by Crippen LogP contribution is -2.23. The molecule has 0 bridgehead atoms. The van der Waals surface area contributed by atoms with Crippen LogP contribution in [0.5, 0.6) is 0 Å². The van der Waals surface area contributed by atoms with Crippen LogP contribution < -0.4 is 0 Å². The van der Waals surface area contributed by atoms with Gasteiger partial charge in [-0.1, -0.05) is 75.8 Å². The Hall–Kier alpha value is -1.31. The van der Waals surface area contributed by atoms with Gasteiger partial charge in [-0.15, -0.1) is 0 Å². The molecular weight excluding hydrogens is 244 g/mol. The highest BCUT2D eigenvalue weighted by atomic mass is 15.1. The Labute approximate surface area is 124 Å². The molecule has 0 aliphatic heterocycles. The first-order valence-electron chi connectivity index (χ1n) is 8.03. The van der Waals surface area contributed by atoms with Gasteiger partial charge in [0, 0.05) is 26.2 Å². The molecule has 1 aromatic carbocycles. The number of aliphatic imine (C=N–C) groups is 1. The van der Waals surface area contributed by atoms with Crippen LogP contribution in [0.25, 0.3) is 0 Å². The highest BCUT2D eigenvalue weighted by Gasteiger charge is 2.04. The van der Waals surface area contributed by atoms with Gasteiger partial charge in [0.1, 0.15) is 5.84 Å². The zero-order valence-electron chi connectivity index (χ0n) is 13.4. The monoisotopic (exact) mass is 274 g/mol. The van der Waals surface area contributed by atoms with Crippen LogP contribution in [-0.4, -0.2) is 31.4 Å². The van der Waals surface area contributed by atoms with E-state index in [0.717, 1.165) is 12.4 Å². The first-order chi connectivity index (χ1) is 9.75. The van der Waals surface area contributed by atoms with Crippen molar-refractivity contribution in [3.63, 3.8) is 0 Å². The maximum atomic E-state index is 4.77. The van der Waals surface area contributed by atoms with Gasteiger partial charge in [-0.25, -0.2) is 0 Å². The molecule has 1 aromatic rings. The molecule has 0 saturated carbocycles. The quantitative estimate of drug-likeness (QED) is 0.360. The lowest BCUT2D eigenvalue weighted by atomic mass is 10.1. The van der Waals surface area contributed by atoms with Crippen molar-refractivity contribution in [1.29, 1.82) is 0 Å². The van der Waals surface area contributed by atoms with E-state index >= 15 is 0 Å². The first-order valence-corrected chi connectivity index (χ1v) is 8.03. The Morgan fingerprint density at radius 2 is 1.50 bits per heavy atom. The van der Waals surface area contributed by atoms with E-state index in [2.05, 4.69) is 50.2 Å². The normalized spacial score (nSPS) is 11.7. The molecule has 1 rings (SSSR count). The molecule has 2 heteroatoms. The standard InChI is InChI=1S/C18H30N2/c1-4-5-6-7-8-9-13-16-19-18(20(2)3)17-14-11-10-12-15-17/h10-12,14-15H,4-9,13,16H2,1-3H3. The molecule has 0 heterocycles. The lowest BCUT2D eigenvalue weighted by molar-refractivity contribution is 0.586. The van der Waals surface area contributed by atoms with Crippen LogP contribution in [0.2, 0.25) is 0 Å². The highest BCUT2D eigenvalue weighted by Crippen LogP contribution is 2.08. The third-order valence-corrected chi connectivity index (χ3v) is 3.48. The maximum absolute atomic E-state index is 4.77. The Kier molecular flexibility index (Phi) is 8.77. The minimum atomic E-state index is 0.941. The van der Waals surface area contributed by atoms with Crippen LogP contribution in [0.3, 0.4) is 0 Å². The molecule has 20 heavy (non-hydrogen) atoms. The fourth-order valence-corrected chi connectivity index (χ4v) is 2.33. The van der Waals surface area contributed by atoms with Crippen LogP contribution >= 0.6 is 0 Å². The van der Waals surface area contributed by atoms with Crippen LogP contribution in [-0.2, 0) is 0 Å². The van der Waals surface area contributed by atoms with Crippen molar-refractivity contribution in [2.75, 3.05) is 20.6 Å². The summed E-state index contributed by atoms with van der Waals surface area (Å²) in [6.07, 6.45) is 9.37. The molecule has 0 radical (unpaired) electrons. The van der Waals surface area contributed by atoms with Gasteiger partial charge in [0.05, 0.1) is 0 Å². The molecular formula is C18H30N2. The molecule has 2 nitrogen and oxygen atoms in total. The third-order valence-electron chi connectivity index (χ3n) is 3.48. The number of unbranched alkanes of at least 4 members (excludes halogenated alkanes) is 6. The molecule has 112 valence electrons. The summed E-state index contributed by atoms with van der Waals surface area (Å²) in [5, 5.41) is 0. The van der Waals surface area contributed by atoms with Crippen LogP contribution in [0.15, 0.2) is 35.3 Å². The van der Waals surface area contributed by atoms with Crippen LogP contribution in [0.4, 0.5) is 0 Å².